The predicted molar refractivity (Wildman–Crippen MR) is 86.6 cm³/mol. The molecule has 1 atom stereocenters. The van der Waals surface area contributed by atoms with Gasteiger partial charge < -0.3 is 10.1 Å². The molecule has 0 saturated heterocycles. The Morgan fingerprint density at radius 3 is 2.71 bits per heavy atom. The van der Waals surface area contributed by atoms with Gasteiger partial charge >= 0.3 is 6.18 Å². The van der Waals surface area contributed by atoms with Crippen LogP contribution in [0.2, 0.25) is 0 Å². The van der Waals surface area contributed by atoms with Crippen LogP contribution >= 0.6 is 12.2 Å². The summed E-state index contributed by atoms with van der Waals surface area (Å²) in [5, 5.41) is 0. The van der Waals surface area contributed by atoms with Crippen LogP contribution in [0.25, 0.3) is 5.65 Å². The highest BCUT2D eigenvalue weighted by Gasteiger charge is 2.42. The van der Waals surface area contributed by atoms with Crippen molar-refractivity contribution in [2.45, 2.75) is 38.3 Å². The Bertz CT molecular complexity index is 814. The van der Waals surface area contributed by atoms with Crippen LogP contribution in [0.5, 0.6) is 0 Å². The van der Waals surface area contributed by atoms with Crippen molar-refractivity contribution in [1.29, 1.82) is 0 Å². The summed E-state index contributed by atoms with van der Waals surface area (Å²) in [6.45, 7) is 0. The molecule has 0 aromatic carbocycles. The third-order valence-corrected chi connectivity index (χ3v) is 4.96. The summed E-state index contributed by atoms with van der Waals surface area (Å²) in [5.41, 5.74) is 4.92. The number of imidazole rings is 1. The topological polar surface area (TPSA) is 60.4 Å². The lowest BCUT2D eigenvalue weighted by atomic mass is 9.69. The zero-order chi connectivity index (χ0) is 17.5. The smallest absolute Gasteiger partial charge is 0.392 e. The number of hydrogen-bond donors (Lipinski definition) is 1. The minimum absolute atomic E-state index is 0.0166. The van der Waals surface area contributed by atoms with Gasteiger partial charge in [-0.2, -0.15) is 13.2 Å². The number of nitrogens with zero attached hydrogens (tertiary/aromatic N) is 2. The van der Waals surface area contributed by atoms with E-state index < -0.39 is 17.3 Å². The average Bonchev–Trinajstić information content (AvgIpc) is 2.93. The number of nitrogens with two attached hydrogens (primary N) is 1. The van der Waals surface area contributed by atoms with Gasteiger partial charge in [0, 0.05) is 18.8 Å². The molecule has 0 amide bonds. The van der Waals surface area contributed by atoms with Crippen molar-refractivity contribution in [1.82, 2.24) is 9.38 Å². The van der Waals surface area contributed by atoms with Crippen molar-refractivity contribution in [2.24, 2.45) is 11.1 Å². The molecule has 8 heteroatoms. The maximum Gasteiger partial charge on any atom is 0.434 e. The number of rotatable bonds is 3. The van der Waals surface area contributed by atoms with Crippen molar-refractivity contribution in [3.63, 3.8) is 0 Å². The van der Waals surface area contributed by atoms with Gasteiger partial charge in [-0.1, -0.05) is 24.7 Å². The van der Waals surface area contributed by atoms with Crippen LogP contribution in [-0.4, -0.2) is 20.2 Å². The zero-order valence-corrected chi connectivity index (χ0v) is 13.6. The summed E-state index contributed by atoms with van der Waals surface area (Å²) >= 11 is 5.14. The van der Waals surface area contributed by atoms with Crippen LogP contribution in [0.15, 0.2) is 24.5 Å². The number of halogens is 3. The van der Waals surface area contributed by atoms with Crippen molar-refractivity contribution >= 4 is 28.6 Å². The highest BCUT2D eigenvalue weighted by atomic mass is 32.1. The summed E-state index contributed by atoms with van der Waals surface area (Å²) < 4.78 is 39.6. The van der Waals surface area contributed by atoms with Gasteiger partial charge in [-0.05, 0) is 30.9 Å². The summed E-state index contributed by atoms with van der Waals surface area (Å²) in [6.07, 6.45) is 0.990. The van der Waals surface area contributed by atoms with Crippen LogP contribution in [0.1, 0.15) is 36.9 Å². The minimum atomic E-state index is -4.49. The fraction of sp³-hybridized carbons (Fsp3) is 0.438. The Morgan fingerprint density at radius 1 is 1.33 bits per heavy atom. The van der Waals surface area contributed by atoms with Crippen LogP contribution in [-0.2, 0) is 17.4 Å². The second-order valence-corrected chi connectivity index (χ2v) is 6.62. The second kappa shape index (κ2) is 5.84. The first-order chi connectivity index (χ1) is 11.2. The van der Waals surface area contributed by atoms with E-state index in [1.807, 2.05) is 0 Å². The number of aromatic nitrogens is 2. The molecule has 1 saturated carbocycles. The fourth-order valence-electron chi connectivity index (χ4n) is 3.25. The molecule has 2 aromatic rings. The molecule has 0 spiro atoms. The second-order valence-electron chi connectivity index (χ2n) is 6.18. The van der Waals surface area contributed by atoms with E-state index in [1.165, 1.54) is 10.5 Å². The van der Waals surface area contributed by atoms with Crippen LogP contribution in [0.4, 0.5) is 13.2 Å². The number of carbonyl (C=O) groups is 1. The quantitative estimate of drug-likeness (QED) is 0.858. The molecule has 0 bridgehead atoms. The van der Waals surface area contributed by atoms with Crippen molar-refractivity contribution in [3.8, 4) is 0 Å². The summed E-state index contributed by atoms with van der Waals surface area (Å²) in [6, 6.07) is 3.18. The van der Waals surface area contributed by atoms with E-state index in [-0.39, 0.29) is 16.4 Å². The molecule has 1 fully saturated rings. The van der Waals surface area contributed by atoms with Gasteiger partial charge in [-0.15, -0.1) is 0 Å². The highest BCUT2D eigenvalue weighted by molar-refractivity contribution is 7.80. The first-order valence-electron chi connectivity index (χ1n) is 7.60. The monoisotopic (exact) mass is 355 g/mol. The Labute approximate surface area is 141 Å². The molecular weight excluding hydrogens is 339 g/mol. The van der Waals surface area contributed by atoms with E-state index in [4.69, 9.17) is 18.0 Å². The summed E-state index contributed by atoms with van der Waals surface area (Å²) in [5.74, 6) is 0.0166. The lowest BCUT2D eigenvalue weighted by Gasteiger charge is -2.34. The van der Waals surface area contributed by atoms with E-state index in [0.717, 1.165) is 19.0 Å². The Balaban J connectivity index is 1.97. The van der Waals surface area contributed by atoms with Crippen molar-refractivity contribution in [3.05, 3.63) is 35.8 Å². The van der Waals surface area contributed by atoms with E-state index in [0.29, 0.717) is 24.8 Å². The standard InChI is InChI=1S/C16H16F3N3OS/c17-16(18,19)11-9-22-8-10(4-5-13(22)21-11)7-15(14(20)24)6-2-1-3-12(15)23/h4-5,8-9H,1-3,6-7H2,(H2,20,24). The summed E-state index contributed by atoms with van der Waals surface area (Å²) in [4.78, 5) is 16.1. The zero-order valence-electron chi connectivity index (χ0n) is 12.8. The molecule has 0 aliphatic heterocycles. The molecule has 1 aliphatic rings. The lowest BCUT2D eigenvalue weighted by Crippen LogP contribution is -2.46. The van der Waals surface area contributed by atoms with Gasteiger partial charge in [0.25, 0.3) is 0 Å². The largest absolute Gasteiger partial charge is 0.434 e. The average molecular weight is 355 g/mol. The van der Waals surface area contributed by atoms with Gasteiger partial charge in [0.05, 0.1) is 10.4 Å². The summed E-state index contributed by atoms with van der Waals surface area (Å²) in [7, 11) is 0. The number of fused-ring (bicyclic) bond motifs is 1. The number of alkyl halides is 3. The number of ketones is 1. The normalized spacial score (nSPS) is 22.0. The van der Waals surface area contributed by atoms with Crippen molar-refractivity contribution < 1.29 is 18.0 Å². The molecule has 0 radical (unpaired) electrons. The molecule has 128 valence electrons. The van der Waals surface area contributed by atoms with Crippen LogP contribution in [0, 0.1) is 5.41 Å². The minimum Gasteiger partial charge on any atom is -0.392 e. The molecular formula is C16H16F3N3OS. The number of thiocarbonyl (C=S) groups is 1. The molecule has 4 nitrogen and oxygen atoms in total. The van der Waals surface area contributed by atoms with Gasteiger partial charge in [0.2, 0.25) is 0 Å². The highest BCUT2D eigenvalue weighted by Crippen LogP contribution is 2.37. The maximum absolute atomic E-state index is 12.8. The maximum atomic E-state index is 12.8. The van der Waals surface area contributed by atoms with Crippen LogP contribution in [0.3, 0.4) is 0 Å². The third-order valence-electron chi connectivity index (χ3n) is 4.57. The Hall–Kier alpha value is -1.96. The molecule has 24 heavy (non-hydrogen) atoms. The number of hydrogen-bond acceptors (Lipinski definition) is 3. The molecule has 3 rings (SSSR count). The van der Waals surface area contributed by atoms with Gasteiger partial charge in [-0.3, -0.25) is 4.79 Å². The lowest BCUT2D eigenvalue weighted by molar-refractivity contribution is -0.140. The fourth-order valence-corrected chi connectivity index (χ4v) is 3.54. The van der Waals surface area contributed by atoms with Crippen LogP contribution < -0.4 is 5.73 Å². The number of Topliss-reactive ketones (excluding diaryl/α,β-unsaturated/α-hetero) is 1. The molecule has 2 N–H and O–H groups in total. The number of pyridine rings is 1. The van der Waals surface area contributed by atoms with E-state index in [2.05, 4.69) is 4.98 Å². The van der Waals surface area contributed by atoms with E-state index in [1.54, 1.807) is 12.3 Å². The van der Waals surface area contributed by atoms with Gasteiger partial charge in [-0.25, -0.2) is 4.98 Å². The Kier molecular flexibility index (Phi) is 4.11. The Morgan fingerprint density at radius 2 is 2.08 bits per heavy atom. The molecule has 1 unspecified atom stereocenters. The first-order valence-corrected chi connectivity index (χ1v) is 8.01. The van der Waals surface area contributed by atoms with Crippen molar-refractivity contribution in [2.75, 3.05) is 0 Å². The molecule has 2 aromatic heterocycles. The number of carbonyl (C=O) groups excluding carboxylic acids is 1. The van der Waals surface area contributed by atoms with E-state index in [9.17, 15) is 18.0 Å². The van der Waals surface area contributed by atoms with Gasteiger partial charge in [0.1, 0.15) is 11.4 Å². The predicted octanol–water partition coefficient (Wildman–Crippen LogP) is 3.31. The van der Waals surface area contributed by atoms with Gasteiger partial charge in [0.15, 0.2) is 5.69 Å². The first kappa shape index (κ1) is 16.9. The molecule has 2 heterocycles. The molecule has 1 aliphatic carbocycles. The third kappa shape index (κ3) is 2.90. The van der Waals surface area contributed by atoms with E-state index >= 15 is 0 Å². The SMILES string of the molecule is NC(=S)C1(Cc2ccc3nc(C(F)(F)F)cn3c2)CCCCC1=O.